The Morgan fingerprint density at radius 3 is 2.32 bits per heavy atom. The molecule has 3 aromatic rings. The molecule has 6 nitrogen and oxygen atoms in total. The van der Waals surface area contributed by atoms with Gasteiger partial charge in [-0.2, -0.15) is 13.2 Å². The number of benzene rings is 2. The van der Waals surface area contributed by atoms with Crippen molar-refractivity contribution in [2.45, 2.75) is 31.9 Å². The molecule has 10 heteroatoms. The Hall–Kier alpha value is -3.59. The minimum Gasteiger partial charge on any atom is -0.478 e. The summed E-state index contributed by atoms with van der Waals surface area (Å²) in [5.41, 5.74) is 0.748. The molecule has 1 saturated heterocycles. The summed E-state index contributed by atoms with van der Waals surface area (Å²) in [6.07, 6.45) is -1.19. The van der Waals surface area contributed by atoms with Crippen molar-refractivity contribution in [2.24, 2.45) is 5.92 Å². The first-order chi connectivity index (χ1) is 17.6. The van der Waals surface area contributed by atoms with Crippen LogP contribution in [0.2, 0.25) is 5.02 Å². The lowest BCUT2D eigenvalue weighted by molar-refractivity contribution is -0.139. The van der Waals surface area contributed by atoms with Crippen LogP contribution in [0.15, 0.2) is 48.7 Å². The van der Waals surface area contributed by atoms with Crippen LogP contribution in [-0.4, -0.2) is 45.4 Å². The number of carboxylic acids is 1. The molecule has 5 rings (SSSR count). The number of fused-ring (bicyclic) bond motifs is 1. The zero-order chi connectivity index (χ0) is 26.5. The number of carbonyl (C=O) groups excluding carboxylic acids is 2. The third-order valence-corrected chi connectivity index (χ3v) is 7.43. The fraction of sp³-hybridized carbons (Fsp3) is 0.296. The number of halogens is 4. The quantitative estimate of drug-likeness (QED) is 0.479. The molecule has 0 spiro atoms. The number of aromatic nitrogens is 1. The molecule has 0 saturated carbocycles. The van der Waals surface area contributed by atoms with Crippen molar-refractivity contribution in [1.29, 1.82) is 0 Å². The van der Waals surface area contributed by atoms with Crippen molar-refractivity contribution in [3.63, 3.8) is 0 Å². The molecule has 1 fully saturated rings. The molecule has 192 valence electrons. The first-order valence-electron chi connectivity index (χ1n) is 11.8. The summed E-state index contributed by atoms with van der Waals surface area (Å²) >= 11 is 6.13. The molecule has 0 bridgehead atoms. The highest BCUT2D eigenvalue weighted by Crippen LogP contribution is 2.39. The summed E-state index contributed by atoms with van der Waals surface area (Å²) in [5.74, 6) is -2.42. The van der Waals surface area contributed by atoms with Crippen molar-refractivity contribution < 1.29 is 32.7 Å². The van der Waals surface area contributed by atoms with Gasteiger partial charge in [-0.05, 0) is 54.7 Å². The largest absolute Gasteiger partial charge is 0.478 e. The Morgan fingerprint density at radius 2 is 1.73 bits per heavy atom. The van der Waals surface area contributed by atoms with Gasteiger partial charge in [-0.15, -0.1) is 0 Å². The van der Waals surface area contributed by atoms with Crippen LogP contribution in [0.25, 0.3) is 11.1 Å². The molecule has 1 amide bonds. The summed E-state index contributed by atoms with van der Waals surface area (Å²) in [4.78, 5) is 39.7. The molecular weight excluding hydrogens is 509 g/mol. The minimum atomic E-state index is -4.80. The lowest BCUT2D eigenvalue weighted by atomic mass is 9.84. The Labute approximate surface area is 215 Å². The monoisotopic (exact) mass is 530 g/mol. The van der Waals surface area contributed by atoms with Gasteiger partial charge in [0.15, 0.2) is 0 Å². The van der Waals surface area contributed by atoms with Crippen LogP contribution in [0.3, 0.4) is 0 Å². The van der Waals surface area contributed by atoms with Crippen molar-refractivity contribution in [2.75, 3.05) is 13.1 Å². The molecule has 2 heterocycles. The van der Waals surface area contributed by atoms with E-state index in [2.05, 4.69) is 0 Å². The second kappa shape index (κ2) is 9.37. The van der Waals surface area contributed by atoms with Gasteiger partial charge < -0.3 is 10.0 Å². The number of likely N-dealkylation sites (tertiary alicyclic amines) is 1. The van der Waals surface area contributed by atoms with E-state index >= 15 is 0 Å². The molecular formula is C27H22ClF3N2O4. The number of hydrogen-bond acceptors (Lipinski definition) is 3. The molecule has 2 aromatic carbocycles. The van der Waals surface area contributed by atoms with Crippen LogP contribution >= 0.6 is 11.6 Å². The first-order valence-corrected chi connectivity index (χ1v) is 12.2. The first kappa shape index (κ1) is 25.1. The molecule has 1 aromatic heterocycles. The SMILES string of the molecule is O=C(O)c1ccc(-c2cn(C(=O)c3c(Cl)cccc3C(F)(F)F)c3c2CCC(C(=O)N2CCC2)C3)cc1. The normalized spacial score (nSPS) is 17.2. The van der Waals surface area contributed by atoms with Crippen LogP contribution in [0.1, 0.15) is 50.4 Å². The molecule has 2 aliphatic rings. The second-order valence-electron chi connectivity index (χ2n) is 9.30. The molecule has 1 unspecified atom stereocenters. The highest BCUT2D eigenvalue weighted by molar-refractivity contribution is 6.34. The zero-order valence-electron chi connectivity index (χ0n) is 19.5. The topological polar surface area (TPSA) is 79.6 Å². The van der Waals surface area contributed by atoms with E-state index < -0.39 is 29.2 Å². The summed E-state index contributed by atoms with van der Waals surface area (Å²) in [6.45, 7) is 1.36. The van der Waals surface area contributed by atoms with Gasteiger partial charge in [0.05, 0.1) is 21.7 Å². The van der Waals surface area contributed by atoms with Gasteiger partial charge in [0.1, 0.15) is 0 Å². The van der Waals surface area contributed by atoms with Crippen LogP contribution in [0.4, 0.5) is 13.2 Å². The summed E-state index contributed by atoms with van der Waals surface area (Å²) in [6, 6.07) is 9.25. The van der Waals surface area contributed by atoms with Crippen LogP contribution in [0.5, 0.6) is 0 Å². The standard InChI is InChI=1S/C27H22ClF3N2O4/c28-21-4-1-3-20(27(29,30)31)23(21)25(35)33-14-19(15-5-7-16(8-6-15)26(36)37)18-10-9-17(13-22(18)33)24(34)32-11-2-12-32/h1,3-8,14,17H,2,9-13H2,(H,36,37). The highest BCUT2D eigenvalue weighted by atomic mass is 35.5. The lowest BCUT2D eigenvalue weighted by Crippen LogP contribution is -2.46. The van der Waals surface area contributed by atoms with Gasteiger partial charge in [-0.3, -0.25) is 14.2 Å². The maximum atomic E-state index is 13.8. The van der Waals surface area contributed by atoms with Crippen molar-refractivity contribution in [3.8, 4) is 11.1 Å². The summed E-state index contributed by atoms with van der Waals surface area (Å²) in [7, 11) is 0. The summed E-state index contributed by atoms with van der Waals surface area (Å²) in [5, 5.41) is 8.90. The second-order valence-corrected chi connectivity index (χ2v) is 9.71. The third kappa shape index (κ3) is 4.52. The number of rotatable bonds is 4. The predicted octanol–water partition coefficient (Wildman–Crippen LogP) is 5.55. The molecule has 1 N–H and O–H groups in total. The number of amides is 1. The van der Waals surface area contributed by atoms with E-state index in [1.54, 1.807) is 17.0 Å². The molecule has 1 aliphatic carbocycles. The fourth-order valence-corrected chi connectivity index (χ4v) is 5.32. The fourth-order valence-electron chi connectivity index (χ4n) is 5.07. The number of carboxylic acid groups (broad SMARTS) is 1. The van der Waals surface area contributed by atoms with E-state index in [0.717, 1.165) is 24.1 Å². The van der Waals surface area contributed by atoms with E-state index in [9.17, 15) is 32.7 Å². The van der Waals surface area contributed by atoms with E-state index in [-0.39, 0.29) is 28.8 Å². The lowest BCUT2D eigenvalue weighted by Gasteiger charge is -2.35. The number of aromatic carboxylic acids is 1. The van der Waals surface area contributed by atoms with E-state index in [1.807, 2.05) is 0 Å². The Morgan fingerprint density at radius 1 is 1.03 bits per heavy atom. The smallest absolute Gasteiger partial charge is 0.417 e. The Bertz CT molecular complexity index is 1410. The predicted molar refractivity (Wildman–Crippen MR) is 130 cm³/mol. The van der Waals surface area contributed by atoms with Gasteiger partial charge >= 0.3 is 12.1 Å². The van der Waals surface area contributed by atoms with E-state index in [4.69, 9.17) is 11.6 Å². The van der Waals surface area contributed by atoms with Gasteiger partial charge in [0.25, 0.3) is 5.91 Å². The summed E-state index contributed by atoms with van der Waals surface area (Å²) < 4.78 is 42.6. The highest BCUT2D eigenvalue weighted by Gasteiger charge is 2.39. The number of hydrogen-bond donors (Lipinski definition) is 1. The van der Waals surface area contributed by atoms with Gasteiger partial charge in [0.2, 0.25) is 5.91 Å². The zero-order valence-corrected chi connectivity index (χ0v) is 20.3. The maximum absolute atomic E-state index is 13.8. The van der Waals surface area contributed by atoms with Crippen molar-refractivity contribution in [1.82, 2.24) is 9.47 Å². The van der Waals surface area contributed by atoms with E-state index in [0.29, 0.717) is 42.8 Å². The van der Waals surface area contributed by atoms with Crippen molar-refractivity contribution >= 4 is 29.4 Å². The van der Waals surface area contributed by atoms with Gasteiger partial charge in [-0.1, -0.05) is 29.8 Å². The molecule has 0 radical (unpaired) electrons. The average molecular weight is 531 g/mol. The molecule has 37 heavy (non-hydrogen) atoms. The molecule has 1 aliphatic heterocycles. The number of carbonyl (C=O) groups is 3. The van der Waals surface area contributed by atoms with Crippen molar-refractivity contribution in [3.05, 3.63) is 81.6 Å². The maximum Gasteiger partial charge on any atom is 0.417 e. The van der Waals surface area contributed by atoms with Crippen LogP contribution in [0, 0.1) is 5.92 Å². The van der Waals surface area contributed by atoms with E-state index in [1.165, 1.54) is 29.0 Å². The third-order valence-electron chi connectivity index (χ3n) is 7.12. The number of nitrogens with zero attached hydrogens (tertiary/aromatic N) is 2. The van der Waals surface area contributed by atoms with Gasteiger partial charge in [-0.25, -0.2) is 4.79 Å². The minimum absolute atomic E-state index is 0.0156. The Kier molecular flexibility index (Phi) is 6.35. The van der Waals surface area contributed by atoms with Crippen LogP contribution in [-0.2, 0) is 23.8 Å². The Balaban J connectivity index is 1.63. The average Bonchev–Trinajstić information content (AvgIpc) is 3.20. The number of alkyl halides is 3. The molecule has 1 atom stereocenters. The van der Waals surface area contributed by atoms with Crippen LogP contribution < -0.4 is 0 Å². The van der Waals surface area contributed by atoms with Gasteiger partial charge in [0, 0.05) is 42.9 Å².